The quantitative estimate of drug-likeness (QED) is 0.631. The zero-order valence-corrected chi connectivity index (χ0v) is 16.7. The van der Waals surface area contributed by atoms with E-state index in [1.165, 1.54) is 0 Å². The maximum Gasteiger partial charge on any atom is 0.240 e. The van der Waals surface area contributed by atoms with Crippen LogP contribution in [0.15, 0.2) is 18.2 Å². The Labute approximate surface area is 157 Å². The minimum absolute atomic E-state index is 0.0300. The number of ether oxygens (including phenoxy) is 3. The summed E-state index contributed by atoms with van der Waals surface area (Å²) in [7, 11) is 7.01. The van der Waals surface area contributed by atoms with Crippen LogP contribution in [0.2, 0.25) is 0 Å². The van der Waals surface area contributed by atoms with Gasteiger partial charge in [-0.25, -0.2) is 0 Å². The predicted octanol–water partition coefficient (Wildman–Crippen LogP) is 2.72. The van der Waals surface area contributed by atoms with Gasteiger partial charge in [-0.15, -0.1) is 0 Å². The molecule has 2 unspecified atom stereocenters. The average Bonchev–Trinajstić information content (AvgIpc) is 3.15. The second kappa shape index (κ2) is 9.78. The van der Waals surface area contributed by atoms with Crippen LogP contribution >= 0.6 is 0 Å². The van der Waals surface area contributed by atoms with Gasteiger partial charge in [-0.1, -0.05) is 0 Å². The minimum Gasteiger partial charge on any atom is -0.497 e. The summed E-state index contributed by atoms with van der Waals surface area (Å²) in [5.74, 6) is 1.75. The number of benzene rings is 1. The van der Waals surface area contributed by atoms with E-state index in [-0.39, 0.29) is 18.0 Å². The van der Waals surface area contributed by atoms with E-state index in [2.05, 4.69) is 4.90 Å². The average molecular weight is 364 g/mol. The molecule has 0 radical (unpaired) electrons. The van der Waals surface area contributed by atoms with E-state index in [1.807, 2.05) is 37.1 Å². The Kier molecular flexibility index (Phi) is 7.72. The van der Waals surface area contributed by atoms with Crippen molar-refractivity contribution in [1.82, 2.24) is 9.80 Å². The largest absolute Gasteiger partial charge is 0.497 e. The molecule has 1 fully saturated rings. The summed E-state index contributed by atoms with van der Waals surface area (Å²) in [4.78, 5) is 17.2. The van der Waals surface area contributed by atoms with Crippen molar-refractivity contribution in [3.05, 3.63) is 23.8 Å². The van der Waals surface area contributed by atoms with Crippen molar-refractivity contribution in [3.63, 3.8) is 0 Å². The van der Waals surface area contributed by atoms with Crippen molar-refractivity contribution in [2.75, 3.05) is 48.1 Å². The fourth-order valence-corrected chi connectivity index (χ4v) is 3.53. The molecule has 26 heavy (non-hydrogen) atoms. The van der Waals surface area contributed by atoms with Crippen molar-refractivity contribution >= 4 is 5.91 Å². The first kappa shape index (κ1) is 20.5. The SMILES string of the molecule is COCCCN(C)C(C)C(=O)N1CCCC1c1cc(OC)ccc1OC. The van der Waals surface area contributed by atoms with Crippen LogP contribution in [0.1, 0.15) is 37.8 Å². The van der Waals surface area contributed by atoms with E-state index in [0.717, 1.165) is 49.4 Å². The third-order valence-corrected chi connectivity index (χ3v) is 5.21. The zero-order chi connectivity index (χ0) is 19.1. The van der Waals surface area contributed by atoms with Gasteiger partial charge in [0.25, 0.3) is 0 Å². The fourth-order valence-electron chi connectivity index (χ4n) is 3.53. The van der Waals surface area contributed by atoms with Gasteiger partial charge in [0.05, 0.1) is 26.3 Å². The Morgan fingerprint density at radius 2 is 2.08 bits per heavy atom. The van der Waals surface area contributed by atoms with Crippen molar-refractivity contribution in [1.29, 1.82) is 0 Å². The highest BCUT2D eigenvalue weighted by atomic mass is 16.5. The van der Waals surface area contributed by atoms with Gasteiger partial charge < -0.3 is 19.1 Å². The molecule has 0 N–H and O–H groups in total. The summed E-state index contributed by atoms with van der Waals surface area (Å²) in [6, 6.07) is 5.65. The van der Waals surface area contributed by atoms with Crippen molar-refractivity contribution in [2.45, 2.75) is 38.3 Å². The van der Waals surface area contributed by atoms with E-state index >= 15 is 0 Å². The number of hydrogen-bond donors (Lipinski definition) is 0. The van der Waals surface area contributed by atoms with Gasteiger partial charge in [-0.2, -0.15) is 0 Å². The predicted molar refractivity (Wildman–Crippen MR) is 102 cm³/mol. The van der Waals surface area contributed by atoms with Gasteiger partial charge in [0, 0.05) is 32.4 Å². The molecule has 0 bridgehead atoms. The lowest BCUT2D eigenvalue weighted by molar-refractivity contribution is -0.137. The molecule has 1 aliphatic rings. The van der Waals surface area contributed by atoms with Crippen molar-refractivity contribution in [2.24, 2.45) is 0 Å². The van der Waals surface area contributed by atoms with Crippen LogP contribution in [0.25, 0.3) is 0 Å². The summed E-state index contributed by atoms with van der Waals surface area (Å²) in [6.07, 6.45) is 2.85. The summed E-state index contributed by atoms with van der Waals surface area (Å²) in [5.41, 5.74) is 1.02. The van der Waals surface area contributed by atoms with Crippen LogP contribution in [0.3, 0.4) is 0 Å². The molecule has 146 valence electrons. The molecular formula is C20H32N2O4. The van der Waals surface area contributed by atoms with E-state index in [0.29, 0.717) is 6.61 Å². The number of likely N-dealkylation sites (tertiary alicyclic amines) is 1. The lowest BCUT2D eigenvalue weighted by Crippen LogP contribution is -2.45. The molecule has 0 spiro atoms. The highest BCUT2D eigenvalue weighted by molar-refractivity contribution is 5.82. The molecule has 1 saturated heterocycles. The normalized spacial score (nSPS) is 18.2. The number of amides is 1. The summed E-state index contributed by atoms with van der Waals surface area (Å²) < 4.78 is 16.0. The number of likely N-dealkylation sites (N-methyl/N-ethyl adjacent to an activating group) is 1. The number of carbonyl (C=O) groups is 1. The smallest absolute Gasteiger partial charge is 0.240 e. The monoisotopic (exact) mass is 364 g/mol. The summed E-state index contributed by atoms with van der Waals surface area (Å²) in [5, 5.41) is 0. The lowest BCUT2D eigenvalue weighted by atomic mass is 10.0. The highest BCUT2D eigenvalue weighted by Crippen LogP contribution is 2.39. The fraction of sp³-hybridized carbons (Fsp3) is 0.650. The van der Waals surface area contributed by atoms with Crippen molar-refractivity contribution < 1.29 is 19.0 Å². The van der Waals surface area contributed by atoms with Gasteiger partial charge >= 0.3 is 0 Å². The van der Waals surface area contributed by atoms with E-state index in [4.69, 9.17) is 14.2 Å². The Balaban J connectivity index is 2.15. The number of rotatable bonds is 9. The molecule has 1 amide bonds. The van der Waals surface area contributed by atoms with Gasteiger partial charge in [0.2, 0.25) is 5.91 Å². The maximum atomic E-state index is 13.1. The zero-order valence-electron chi connectivity index (χ0n) is 16.7. The van der Waals surface area contributed by atoms with Crippen LogP contribution in [-0.2, 0) is 9.53 Å². The van der Waals surface area contributed by atoms with E-state index in [9.17, 15) is 4.79 Å². The minimum atomic E-state index is -0.163. The Morgan fingerprint density at radius 1 is 1.31 bits per heavy atom. The first-order valence-electron chi connectivity index (χ1n) is 9.25. The molecule has 0 aliphatic carbocycles. The Morgan fingerprint density at radius 3 is 2.73 bits per heavy atom. The standard InChI is InChI=1S/C20H32N2O4/c1-15(21(2)11-7-13-24-3)20(23)22-12-6-8-18(22)17-14-16(25-4)9-10-19(17)26-5/h9-10,14-15,18H,6-8,11-13H2,1-5H3. The number of carbonyl (C=O) groups excluding carboxylic acids is 1. The third-order valence-electron chi connectivity index (χ3n) is 5.21. The number of nitrogens with zero attached hydrogens (tertiary/aromatic N) is 2. The molecule has 0 aromatic heterocycles. The molecule has 1 aliphatic heterocycles. The molecule has 1 aromatic rings. The van der Waals surface area contributed by atoms with Crippen LogP contribution in [-0.4, -0.2) is 69.8 Å². The van der Waals surface area contributed by atoms with Gasteiger partial charge in [0.1, 0.15) is 11.5 Å². The maximum absolute atomic E-state index is 13.1. The molecule has 1 aromatic carbocycles. The first-order chi connectivity index (χ1) is 12.5. The second-order valence-electron chi connectivity index (χ2n) is 6.80. The third kappa shape index (κ3) is 4.68. The van der Waals surface area contributed by atoms with Gasteiger partial charge in [-0.05, 0) is 51.4 Å². The van der Waals surface area contributed by atoms with E-state index in [1.54, 1.807) is 21.3 Å². The van der Waals surface area contributed by atoms with Crippen molar-refractivity contribution in [3.8, 4) is 11.5 Å². The lowest BCUT2D eigenvalue weighted by Gasteiger charge is -2.32. The number of methoxy groups -OCH3 is 3. The molecule has 6 nitrogen and oxygen atoms in total. The molecule has 1 heterocycles. The molecule has 6 heteroatoms. The van der Waals surface area contributed by atoms with Gasteiger partial charge in [0.15, 0.2) is 0 Å². The highest BCUT2D eigenvalue weighted by Gasteiger charge is 2.35. The molecular weight excluding hydrogens is 332 g/mol. The second-order valence-corrected chi connectivity index (χ2v) is 6.80. The first-order valence-corrected chi connectivity index (χ1v) is 9.25. The van der Waals surface area contributed by atoms with Crippen LogP contribution in [0, 0.1) is 0 Å². The number of hydrogen-bond acceptors (Lipinski definition) is 5. The van der Waals surface area contributed by atoms with E-state index < -0.39 is 0 Å². The molecule has 2 rings (SSSR count). The Bertz CT molecular complexity index is 593. The Hall–Kier alpha value is -1.79. The van der Waals surface area contributed by atoms with Crippen LogP contribution in [0.4, 0.5) is 0 Å². The summed E-state index contributed by atoms with van der Waals surface area (Å²) >= 11 is 0. The summed E-state index contributed by atoms with van der Waals surface area (Å²) in [6.45, 7) is 4.30. The molecule has 2 atom stereocenters. The van der Waals surface area contributed by atoms with Crippen LogP contribution in [0.5, 0.6) is 11.5 Å². The molecule has 0 saturated carbocycles. The topological polar surface area (TPSA) is 51.2 Å². The van der Waals surface area contributed by atoms with Gasteiger partial charge in [-0.3, -0.25) is 9.69 Å². The van der Waals surface area contributed by atoms with Crippen LogP contribution < -0.4 is 9.47 Å².